The smallest absolute Gasteiger partial charge is 0.415 e. The van der Waals surface area contributed by atoms with Crippen LogP contribution in [0.1, 0.15) is 40.0 Å². The van der Waals surface area contributed by atoms with Crippen LogP contribution in [0.5, 0.6) is 0 Å². The Morgan fingerprint density at radius 2 is 1.62 bits per heavy atom. The summed E-state index contributed by atoms with van der Waals surface area (Å²) in [5.74, 6) is -1.59. The Morgan fingerprint density at radius 1 is 1.00 bits per heavy atom. The van der Waals surface area contributed by atoms with Gasteiger partial charge in [-0.1, -0.05) is 0 Å². The van der Waals surface area contributed by atoms with E-state index >= 15 is 0 Å². The average Bonchev–Trinajstić information content (AvgIpc) is 3.02. The average molecular weight is 340 g/mol. The highest BCUT2D eigenvalue weighted by Gasteiger charge is 2.51. The van der Waals surface area contributed by atoms with Gasteiger partial charge in [-0.15, -0.1) is 10.2 Å². The maximum absolute atomic E-state index is 14.0. The van der Waals surface area contributed by atoms with Crippen LogP contribution in [0.15, 0.2) is 22.6 Å². The van der Waals surface area contributed by atoms with Gasteiger partial charge in [-0.25, -0.2) is 4.39 Å². The molecule has 0 saturated carbocycles. The third kappa shape index (κ3) is 2.93. The van der Waals surface area contributed by atoms with E-state index in [1.54, 1.807) is 0 Å². The fourth-order valence-corrected chi connectivity index (χ4v) is 2.29. The van der Waals surface area contributed by atoms with Crippen molar-refractivity contribution >= 4 is 12.6 Å². The zero-order valence-electron chi connectivity index (χ0n) is 13.6. The monoisotopic (exact) mass is 340 g/mol. The Kier molecular flexibility index (Phi) is 3.96. The quantitative estimate of drug-likeness (QED) is 0.804. The zero-order chi connectivity index (χ0) is 17.7. The first-order valence-electron chi connectivity index (χ1n) is 7.37. The fourth-order valence-electron chi connectivity index (χ4n) is 2.29. The molecule has 1 aromatic carbocycles. The summed E-state index contributed by atoms with van der Waals surface area (Å²) in [5.41, 5.74) is -0.589. The van der Waals surface area contributed by atoms with Gasteiger partial charge in [0.15, 0.2) is 0 Å². The van der Waals surface area contributed by atoms with Gasteiger partial charge in [0, 0.05) is 5.56 Å². The molecule has 2 aromatic rings. The first kappa shape index (κ1) is 17.0. The van der Waals surface area contributed by atoms with Crippen molar-refractivity contribution in [3.63, 3.8) is 0 Å². The number of halogens is 3. The molecule has 0 atom stereocenters. The molecule has 0 unspecified atom stereocenters. The van der Waals surface area contributed by atoms with E-state index in [4.69, 9.17) is 13.7 Å². The van der Waals surface area contributed by atoms with Crippen LogP contribution in [-0.4, -0.2) is 28.5 Å². The van der Waals surface area contributed by atoms with Crippen molar-refractivity contribution in [3.05, 3.63) is 29.9 Å². The van der Waals surface area contributed by atoms with Crippen molar-refractivity contribution in [3.8, 4) is 11.5 Å². The lowest BCUT2D eigenvalue weighted by Gasteiger charge is -2.32. The number of benzene rings is 1. The summed E-state index contributed by atoms with van der Waals surface area (Å²) in [5, 5.41) is 6.77. The van der Waals surface area contributed by atoms with Crippen LogP contribution in [0.25, 0.3) is 11.5 Å². The van der Waals surface area contributed by atoms with Crippen LogP contribution in [0.3, 0.4) is 0 Å². The van der Waals surface area contributed by atoms with E-state index in [-0.39, 0.29) is 11.5 Å². The van der Waals surface area contributed by atoms with Gasteiger partial charge in [0.05, 0.1) is 11.2 Å². The molecule has 2 heterocycles. The second kappa shape index (κ2) is 5.59. The number of nitrogens with zero attached hydrogens (tertiary/aromatic N) is 2. The van der Waals surface area contributed by atoms with E-state index in [1.807, 2.05) is 27.7 Å². The standard InChI is InChI=1S/C15H16BF3N2O3/c1-14(2)15(3,4)24-16(23-14)9-5-8(6-10(17)7-9)12-20-21-13(22-12)11(18)19/h5-7,11H,1-4H3. The van der Waals surface area contributed by atoms with Crippen molar-refractivity contribution < 1.29 is 26.9 Å². The molecule has 9 heteroatoms. The normalized spacial score (nSPS) is 19.2. The number of hydrogen-bond donors (Lipinski definition) is 0. The van der Waals surface area contributed by atoms with Gasteiger partial charge in [-0.05, 0) is 51.4 Å². The second-order valence-electron chi connectivity index (χ2n) is 6.61. The third-order valence-corrected chi connectivity index (χ3v) is 4.32. The van der Waals surface area contributed by atoms with E-state index < -0.39 is 36.5 Å². The van der Waals surface area contributed by atoms with Gasteiger partial charge in [-0.3, -0.25) is 0 Å². The number of hydrogen-bond acceptors (Lipinski definition) is 5. The summed E-state index contributed by atoms with van der Waals surface area (Å²) in [6.07, 6.45) is -2.89. The van der Waals surface area contributed by atoms with Crippen molar-refractivity contribution in [1.29, 1.82) is 0 Å². The van der Waals surface area contributed by atoms with Crippen molar-refractivity contribution in [1.82, 2.24) is 10.2 Å². The maximum Gasteiger partial charge on any atom is 0.494 e. The van der Waals surface area contributed by atoms with Crippen LogP contribution >= 0.6 is 0 Å². The molecule has 24 heavy (non-hydrogen) atoms. The summed E-state index contributed by atoms with van der Waals surface area (Å²) in [6.45, 7) is 7.50. The SMILES string of the molecule is CC1(C)OB(c2cc(F)cc(-c3nnc(C(F)F)o3)c2)OC1(C)C. The molecule has 1 fully saturated rings. The predicted octanol–water partition coefficient (Wildman–Crippen LogP) is 3.11. The van der Waals surface area contributed by atoms with Crippen molar-refractivity contribution in [2.24, 2.45) is 0 Å². The molecule has 1 aliphatic heterocycles. The Labute approximate surface area is 137 Å². The number of alkyl halides is 2. The lowest BCUT2D eigenvalue weighted by atomic mass is 9.78. The predicted molar refractivity (Wildman–Crippen MR) is 80.4 cm³/mol. The van der Waals surface area contributed by atoms with Crippen molar-refractivity contribution in [2.75, 3.05) is 0 Å². The van der Waals surface area contributed by atoms with E-state index in [0.29, 0.717) is 5.46 Å². The van der Waals surface area contributed by atoms with Gasteiger partial charge in [0.2, 0.25) is 5.89 Å². The molecule has 1 aliphatic rings. The lowest BCUT2D eigenvalue weighted by molar-refractivity contribution is 0.00578. The molecule has 3 rings (SSSR count). The van der Waals surface area contributed by atoms with Gasteiger partial charge in [0.1, 0.15) is 5.82 Å². The molecular formula is C15H16BF3N2O3. The van der Waals surface area contributed by atoms with Gasteiger partial charge in [-0.2, -0.15) is 8.78 Å². The lowest BCUT2D eigenvalue weighted by Crippen LogP contribution is -2.41. The minimum absolute atomic E-state index is 0.180. The third-order valence-electron chi connectivity index (χ3n) is 4.32. The van der Waals surface area contributed by atoms with Gasteiger partial charge in [0.25, 0.3) is 5.89 Å². The molecule has 0 N–H and O–H groups in total. The summed E-state index contributed by atoms with van der Waals surface area (Å²) >= 11 is 0. The number of rotatable bonds is 3. The number of aromatic nitrogens is 2. The van der Waals surface area contributed by atoms with E-state index in [1.165, 1.54) is 12.1 Å². The van der Waals surface area contributed by atoms with Crippen molar-refractivity contribution in [2.45, 2.75) is 45.3 Å². The molecule has 0 radical (unpaired) electrons. The molecule has 128 valence electrons. The van der Waals surface area contributed by atoms with Crippen LogP contribution in [0, 0.1) is 5.82 Å². The Bertz CT molecular complexity index is 748. The van der Waals surface area contributed by atoms with Crippen LogP contribution in [0.2, 0.25) is 0 Å². The van der Waals surface area contributed by atoms with E-state index in [2.05, 4.69) is 10.2 Å². The molecule has 0 aliphatic carbocycles. The van der Waals surface area contributed by atoms with Crippen LogP contribution < -0.4 is 5.46 Å². The topological polar surface area (TPSA) is 57.4 Å². The van der Waals surface area contributed by atoms with Gasteiger partial charge >= 0.3 is 13.5 Å². The zero-order valence-corrected chi connectivity index (χ0v) is 13.6. The summed E-state index contributed by atoms with van der Waals surface area (Å²) in [6, 6.07) is 3.90. The molecule has 0 amide bonds. The van der Waals surface area contributed by atoms with E-state index in [0.717, 1.165) is 6.07 Å². The minimum Gasteiger partial charge on any atom is -0.415 e. The maximum atomic E-state index is 14.0. The first-order chi connectivity index (χ1) is 11.1. The molecule has 5 nitrogen and oxygen atoms in total. The Balaban J connectivity index is 1.95. The van der Waals surface area contributed by atoms with Crippen LogP contribution in [-0.2, 0) is 9.31 Å². The summed E-state index contributed by atoms with van der Waals surface area (Å²) in [7, 11) is -0.790. The minimum atomic E-state index is -2.89. The Morgan fingerprint density at radius 3 is 2.17 bits per heavy atom. The molecule has 1 aromatic heterocycles. The molecule has 0 spiro atoms. The first-order valence-corrected chi connectivity index (χ1v) is 7.37. The highest BCUT2D eigenvalue weighted by atomic mass is 19.3. The summed E-state index contributed by atoms with van der Waals surface area (Å²) < 4.78 is 55.7. The Hall–Kier alpha value is -1.87. The fraction of sp³-hybridized carbons (Fsp3) is 0.467. The second-order valence-corrected chi connectivity index (χ2v) is 6.61. The van der Waals surface area contributed by atoms with E-state index in [9.17, 15) is 13.2 Å². The van der Waals surface area contributed by atoms with Crippen LogP contribution in [0.4, 0.5) is 13.2 Å². The molecule has 0 bridgehead atoms. The highest BCUT2D eigenvalue weighted by molar-refractivity contribution is 6.62. The largest absolute Gasteiger partial charge is 0.494 e. The molecular weight excluding hydrogens is 324 g/mol. The molecule has 1 saturated heterocycles. The highest BCUT2D eigenvalue weighted by Crippen LogP contribution is 2.36. The van der Waals surface area contributed by atoms with Gasteiger partial charge < -0.3 is 13.7 Å². The summed E-state index contributed by atoms with van der Waals surface area (Å²) in [4.78, 5) is 0.